The van der Waals surface area contributed by atoms with Gasteiger partial charge in [0.15, 0.2) is 0 Å². The van der Waals surface area contributed by atoms with E-state index in [9.17, 15) is 0 Å². The van der Waals surface area contributed by atoms with Gasteiger partial charge in [-0.3, -0.25) is 0 Å². The molecule has 0 bridgehead atoms. The topological polar surface area (TPSA) is 24.9 Å². The van der Waals surface area contributed by atoms with Gasteiger partial charge in [-0.05, 0) is 180 Å². The van der Waals surface area contributed by atoms with Gasteiger partial charge in [-0.1, -0.05) is 60.7 Å². The van der Waals surface area contributed by atoms with E-state index in [-0.39, 0.29) is 0 Å². The number of benzene rings is 7. The summed E-state index contributed by atoms with van der Waals surface area (Å²) in [5.74, 6) is 1.71. The predicted octanol–water partition coefficient (Wildman–Crippen LogP) is 13.0. The number of methoxy groups -OCH3 is 2. The van der Waals surface area contributed by atoms with Crippen LogP contribution in [0.15, 0.2) is 158 Å². The molecule has 0 heterocycles. The number of nitrogens with zero attached hydrogens (tertiary/aromatic N) is 2. The van der Waals surface area contributed by atoms with E-state index in [1.807, 2.05) is 24.3 Å². The molecule has 54 heavy (non-hydrogen) atoms. The molecule has 0 radical (unpaired) electrons. The lowest BCUT2D eigenvalue weighted by Gasteiger charge is -2.26. The fourth-order valence-corrected chi connectivity index (χ4v) is 8.21. The molecule has 7 aromatic carbocycles. The number of hydrogen-bond donors (Lipinski definition) is 0. The van der Waals surface area contributed by atoms with Crippen molar-refractivity contribution in [3.8, 4) is 33.8 Å². The summed E-state index contributed by atoms with van der Waals surface area (Å²) in [6.45, 7) is 0. The first-order valence-electron chi connectivity index (χ1n) is 19.1. The summed E-state index contributed by atoms with van der Waals surface area (Å²) in [7, 11) is 3.42. The number of aryl methyl sites for hydroxylation is 4. The highest BCUT2D eigenvalue weighted by atomic mass is 16.5. The van der Waals surface area contributed by atoms with E-state index in [2.05, 4.69) is 143 Å². The second kappa shape index (κ2) is 14.6. The molecule has 0 saturated heterocycles. The first kappa shape index (κ1) is 33.6. The molecule has 0 saturated carbocycles. The van der Waals surface area contributed by atoms with Crippen molar-refractivity contribution < 1.29 is 9.47 Å². The third kappa shape index (κ3) is 6.60. The molecule has 9 rings (SSSR count). The van der Waals surface area contributed by atoms with Crippen LogP contribution in [-0.4, -0.2) is 14.2 Å². The van der Waals surface area contributed by atoms with Crippen LogP contribution in [0, 0.1) is 0 Å². The molecule has 0 atom stereocenters. The van der Waals surface area contributed by atoms with Crippen LogP contribution in [0.3, 0.4) is 0 Å². The molecule has 0 unspecified atom stereocenters. The van der Waals surface area contributed by atoms with Crippen LogP contribution in [0.2, 0.25) is 0 Å². The van der Waals surface area contributed by atoms with Crippen molar-refractivity contribution in [2.45, 2.75) is 38.5 Å². The van der Waals surface area contributed by atoms with Gasteiger partial charge in [0.2, 0.25) is 0 Å². The quantitative estimate of drug-likeness (QED) is 0.141. The van der Waals surface area contributed by atoms with E-state index in [4.69, 9.17) is 9.47 Å². The Hall–Kier alpha value is -6.26. The third-order valence-corrected chi connectivity index (χ3v) is 11.1. The van der Waals surface area contributed by atoms with Gasteiger partial charge < -0.3 is 19.3 Å². The number of ether oxygens (including phenoxy) is 2. The largest absolute Gasteiger partial charge is 0.497 e. The number of anilines is 6. The predicted molar refractivity (Wildman–Crippen MR) is 224 cm³/mol. The highest BCUT2D eigenvalue weighted by molar-refractivity contribution is 5.81. The Labute approximate surface area is 318 Å². The van der Waals surface area contributed by atoms with Gasteiger partial charge in [0.1, 0.15) is 11.5 Å². The van der Waals surface area contributed by atoms with Crippen LogP contribution in [0.25, 0.3) is 22.3 Å². The summed E-state index contributed by atoms with van der Waals surface area (Å²) in [4.78, 5) is 4.68. The Kier molecular flexibility index (Phi) is 9.10. The van der Waals surface area contributed by atoms with Gasteiger partial charge >= 0.3 is 0 Å². The molecule has 0 amide bonds. The molecule has 0 aromatic heterocycles. The molecule has 0 fully saturated rings. The summed E-state index contributed by atoms with van der Waals surface area (Å²) < 4.78 is 10.9. The summed E-state index contributed by atoms with van der Waals surface area (Å²) in [6.07, 6.45) is 7.12. The lowest BCUT2D eigenvalue weighted by molar-refractivity contribution is 0.414. The number of fused-ring (bicyclic) bond motifs is 2. The Bertz CT molecular complexity index is 2210. The molecule has 4 nitrogen and oxygen atoms in total. The lowest BCUT2D eigenvalue weighted by Crippen LogP contribution is -2.10. The molecule has 2 aliphatic rings. The lowest BCUT2D eigenvalue weighted by atomic mass is 9.99. The Balaban J connectivity index is 0.969. The zero-order chi connectivity index (χ0) is 36.4. The zero-order valence-corrected chi connectivity index (χ0v) is 31.0. The minimum absolute atomic E-state index is 0.854. The van der Waals surface area contributed by atoms with E-state index in [0.29, 0.717) is 0 Å². The number of rotatable bonds is 10. The average molecular weight is 705 g/mol. The average Bonchev–Trinajstić information content (AvgIpc) is 3.92. The third-order valence-electron chi connectivity index (χ3n) is 11.1. The summed E-state index contributed by atoms with van der Waals surface area (Å²) in [6, 6.07) is 57.3. The van der Waals surface area contributed by atoms with Crippen LogP contribution in [0.4, 0.5) is 34.1 Å². The van der Waals surface area contributed by atoms with Crippen LogP contribution < -0.4 is 19.3 Å². The maximum Gasteiger partial charge on any atom is 0.119 e. The van der Waals surface area contributed by atoms with Crippen molar-refractivity contribution in [2.24, 2.45) is 0 Å². The molecule has 2 aliphatic carbocycles. The van der Waals surface area contributed by atoms with Gasteiger partial charge in [-0.15, -0.1) is 0 Å². The van der Waals surface area contributed by atoms with Gasteiger partial charge in [-0.2, -0.15) is 0 Å². The standard InChI is InChI=1S/C50H44N2O2/c1-53-49-29-25-45(26-30-49)51(47-23-17-35-5-3-7-41(35)33-47)43-19-13-39(14-20-43)37-9-11-38(12-10-37)40-15-21-44(22-16-40)52(46-27-31-50(54-2)32-28-46)48-24-18-36-6-4-8-42(36)34-48/h9-34H,3-8H2,1-2H3. The monoisotopic (exact) mass is 704 g/mol. The molecule has 4 heteroatoms. The molecule has 266 valence electrons. The molecular weight excluding hydrogens is 661 g/mol. The van der Waals surface area contributed by atoms with Crippen LogP contribution in [0.5, 0.6) is 11.5 Å². The summed E-state index contributed by atoms with van der Waals surface area (Å²) >= 11 is 0. The highest BCUT2D eigenvalue weighted by Crippen LogP contribution is 2.40. The normalized spacial score (nSPS) is 12.9. The van der Waals surface area contributed by atoms with Gasteiger partial charge in [0.05, 0.1) is 14.2 Å². The van der Waals surface area contributed by atoms with Crippen molar-refractivity contribution in [1.82, 2.24) is 0 Å². The molecule has 7 aromatic rings. The second-order valence-corrected chi connectivity index (χ2v) is 14.4. The van der Waals surface area contributed by atoms with Crippen LogP contribution in [-0.2, 0) is 25.7 Å². The minimum Gasteiger partial charge on any atom is -0.497 e. The fraction of sp³-hybridized carbons (Fsp3) is 0.160. The second-order valence-electron chi connectivity index (χ2n) is 14.4. The summed E-state index contributed by atoms with van der Waals surface area (Å²) in [5, 5.41) is 0. The zero-order valence-electron chi connectivity index (χ0n) is 31.0. The SMILES string of the molecule is COc1ccc(N(c2ccc(-c3ccc(-c4ccc(N(c5ccc(OC)cc5)c5ccc6c(c5)CCC6)cc4)cc3)cc2)c2ccc3c(c2)CCC3)cc1. The van der Waals surface area contributed by atoms with Gasteiger partial charge in [0, 0.05) is 34.1 Å². The smallest absolute Gasteiger partial charge is 0.119 e. The van der Waals surface area contributed by atoms with Gasteiger partial charge in [-0.25, -0.2) is 0 Å². The first-order valence-corrected chi connectivity index (χ1v) is 19.1. The van der Waals surface area contributed by atoms with E-state index < -0.39 is 0 Å². The maximum absolute atomic E-state index is 5.46. The maximum atomic E-state index is 5.46. The Morgan fingerprint density at radius 3 is 0.926 bits per heavy atom. The Morgan fingerprint density at radius 2 is 0.593 bits per heavy atom. The molecule has 0 N–H and O–H groups in total. The molecule has 0 aliphatic heterocycles. The van der Waals surface area contributed by atoms with Crippen LogP contribution >= 0.6 is 0 Å². The van der Waals surface area contributed by atoms with Crippen molar-refractivity contribution >= 4 is 34.1 Å². The van der Waals surface area contributed by atoms with E-state index in [1.54, 1.807) is 14.2 Å². The van der Waals surface area contributed by atoms with E-state index >= 15 is 0 Å². The van der Waals surface area contributed by atoms with Gasteiger partial charge in [0.25, 0.3) is 0 Å². The highest BCUT2D eigenvalue weighted by Gasteiger charge is 2.19. The van der Waals surface area contributed by atoms with Crippen molar-refractivity contribution in [3.63, 3.8) is 0 Å². The summed E-state index contributed by atoms with van der Waals surface area (Å²) in [5.41, 5.74) is 17.5. The number of hydrogen-bond acceptors (Lipinski definition) is 4. The molecule has 0 spiro atoms. The first-order chi connectivity index (χ1) is 26.6. The van der Waals surface area contributed by atoms with Crippen molar-refractivity contribution in [3.05, 3.63) is 180 Å². The van der Waals surface area contributed by atoms with E-state index in [1.165, 1.54) is 81.6 Å². The van der Waals surface area contributed by atoms with Crippen LogP contribution in [0.1, 0.15) is 35.1 Å². The minimum atomic E-state index is 0.854. The van der Waals surface area contributed by atoms with Crippen molar-refractivity contribution in [2.75, 3.05) is 24.0 Å². The molecular formula is C50H44N2O2. The van der Waals surface area contributed by atoms with E-state index in [0.717, 1.165) is 47.1 Å². The van der Waals surface area contributed by atoms with Crippen molar-refractivity contribution in [1.29, 1.82) is 0 Å². The Morgan fingerprint density at radius 1 is 0.315 bits per heavy atom. The fourth-order valence-electron chi connectivity index (χ4n) is 8.21.